The number of ether oxygens (including phenoxy) is 1. The maximum absolute atomic E-state index is 12.2. The van der Waals surface area contributed by atoms with Crippen LogP contribution in [0.4, 0.5) is 0 Å². The quantitative estimate of drug-likeness (QED) is 0.887. The first-order valence-electron chi connectivity index (χ1n) is 7.71. The van der Waals surface area contributed by atoms with Gasteiger partial charge in [0, 0.05) is 26.1 Å². The fraction of sp³-hybridized carbons (Fsp3) is 0.500. The number of benzene rings is 1. The second-order valence-corrected chi connectivity index (χ2v) is 6.60. The maximum atomic E-state index is 12.2. The van der Waals surface area contributed by atoms with Crippen LogP contribution in [-0.4, -0.2) is 29.1 Å². The van der Waals surface area contributed by atoms with Crippen molar-refractivity contribution in [2.75, 3.05) is 13.2 Å². The molecule has 1 atom stereocenters. The molecule has 1 fully saturated rings. The average Bonchev–Trinajstić information content (AvgIpc) is 3.15. The van der Waals surface area contributed by atoms with Gasteiger partial charge in [0.1, 0.15) is 0 Å². The van der Waals surface area contributed by atoms with Crippen LogP contribution in [0.3, 0.4) is 0 Å². The Labute approximate surface area is 133 Å². The van der Waals surface area contributed by atoms with Gasteiger partial charge in [0.05, 0.1) is 16.2 Å². The number of amides is 1. The van der Waals surface area contributed by atoms with Crippen LogP contribution in [0.2, 0.25) is 0 Å². The summed E-state index contributed by atoms with van der Waals surface area (Å²) in [4.78, 5) is 24.0. The minimum absolute atomic E-state index is 0.0321. The summed E-state index contributed by atoms with van der Waals surface area (Å²) in [6, 6.07) is 7.60. The van der Waals surface area contributed by atoms with Gasteiger partial charge in [-0.1, -0.05) is 23.7 Å². The number of hydrogen-bond donors (Lipinski definition) is 1. The molecule has 0 saturated carbocycles. The molecule has 0 radical (unpaired) electrons. The summed E-state index contributed by atoms with van der Waals surface area (Å²) in [5.74, 6) is 0.0321. The third kappa shape index (κ3) is 3.56. The van der Waals surface area contributed by atoms with Crippen LogP contribution in [0.25, 0.3) is 10.1 Å². The largest absolute Gasteiger partial charge is 0.376 e. The van der Waals surface area contributed by atoms with Crippen molar-refractivity contribution in [1.29, 1.82) is 0 Å². The summed E-state index contributed by atoms with van der Waals surface area (Å²) in [6.45, 7) is 1.99. The third-order valence-electron chi connectivity index (χ3n) is 3.87. The van der Waals surface area contributed by atoms with E-state index >= 15 is 0 Å². The van der Waals surface area contributed by atoms with Crippen LogP contribution < -0.4 is 10.9 Å². The van der Waals surface area contributed by atoms with Gasteiger partial charge in [-0.3, -0.25) is 13.5 Å². The van der Waals surface area contributed by atoms with E-state index < -0.39 is 0 Å². The van der Waals surface area contributed by atoms with Crippen LogP contribution in [0.1, 0.15) is 25.7 Å². The van der Waals surface area contributed by atoms with Gasteiger partial charge in [-0.25, -0.2) is 0 Å². The van der Waals surface area contributed by atoms with Crippen molar-refractivity contribution < 1.29 is 9.53 Å². The van der Waals surface area contributed by atoms with E-state index in [-0.39, 0.29) is 17.6 Å². The van der Waals surface area contributed by atoms with E-state index in [9.17, 15) is 9.59 Å². The number of hydrogen-bond acceptors (Lipinski definition) is 4. The lowest BCUT2D eigenvalue weighted by atomic mass is 10.2. The Bertz CT molecular complexity index is 701. The van der Waals surface area contributed by atoms with Crippen LogP contribution in [0.5, 0.6) is 0 Å². The normalized spacial score (nSPS) is 17.9. The molecule has 0 bridgehead atoms. The summed E-state index contributed by atoms with van der Waals surface area (Å²) < 4.78 is 8.20. The lowest BCUT2D eigenvalue weighted by Gasteiger charge is -2.10. The molecular formula is C16H20N2O3S. The number of aromatic nitrogens is 1. The molecular weight excluding hydrogens is 300 g/mol. The van der Waals surface area contributed by atoms with E-state index in [1.807, 2.05) is 24.3 Å². The van der Waals surface area contributed by atoms with Crippen LogP contribution >= 0.6 is 11.5 Å². The van der Waals surface area contributed by atoms with E-state index in [2.05, 4.69) is 5.32 Å². The number of nitrogens with one attached hydrogen (secondary N) is 1. The number of aryl methyl sites for hydroxylation is 1. The molecule has 1 saturated heterocycles. The van der Waals surface area contributed by atoms with Crippen molar-refractivity contribution in [3.8, 4) is 0 Å². The lowest BCUT2D eigenvalue weighted by molar-refractivity contribution is -0.121. The Kier molecular flexibility index (Phi) is 4.90. The molecule has 1 aliphatic rings. The highest BCUT2D eigenvalue weighted by Crippen LogP contribution is 2.16. The van der Waals surface area contributed by atoms with E-state index in [0.29, 0.717) is 25.9 Å². The number of carbonyl (C=O) groups is 1. The minimum atomic E-state index is 0.0321. The summed E-state index contributed by atoms with van der Waals surface area (Å²) in [5, 5.41) is 3.66. The molecule has 1 N–H and O–H groups in total. The van der Waals surface area contributed by atoms with Crippen LogP contribution in [-0.2, 0) is 16.1 Å². The van der Waals surface area contributed by atoms with Crippen molar-refractivity contribution >= 4 is 27.5 Å². The smallest absolute Gasteiger partial charge is 0.268 e. The van der Waals surface area contributed by atoms with Crippen molar-refractivity contribution in [2.45, 2.75) is 38.3 Å². The summed E-state index contributed by atoms with van der Waals surface area (Å²) in [6.07, 6.45) is 3.39. The van der Waals surface area contributed by atoms with Crippen molar-refractivity contribution in [3.05, 3.63) is 34.6 Å². The Morgan fingerprint density at radius 3 is 3.05 bits per heavy atom. The number of carbonyl (C=O) groups excluding carboxylic acids is 1. The molecule has 2 heterocycles. The van der Waals surface area contributed by atoms with Crippen LogP contribution in [0.15, 0.2) is 29.1 Å². The molecule has 3 rings (SSSR count). The van der Waals surface area contributed by atoms with Gasteiger partial charge in [0.15, 0.2) is 0 Å². The lowest BCUT2D eigenvalue weighted by Crippen LogP contribution is -2.31. The van der Waals surface area contributed by atoms with Gasteiger partial charge in [-0.05, 0) is 31.4 Å². The molecule has 6 heteroatoms. The SMILES string of the molecule is O=C(CCCn1sc2ccccc2c1=O)NCC1CCCO1. The monoisotopic (exact) mass is 320 g/mol. The predicted octanol–water partition coefficient (Wildman–Crippen LogP) is 2.14. The van der Waals surface area contributed by atoms with Crippen molar-refractivity contribution in [2.24, 2.45) is 0 Å². The first-order chi connectivity index (χ1) is 10.7. The fourth-order valence-corrected chi connectivity index (χ4v) is 3.70. The second-order valence-electron chi connectivity index (χ2n) is 5.54. The number of nitrogens with zero attached hydrogens (tertiary/aromatic N) is 1. The molecule has 1 amide bonds. The number of rotatable bonds is 6. The van der Waals surface area contributed by atoms with Crippen molar-refractivity contribution in [1.82, 2.24) is 9.27 Å². The van der Waals surface area contributed by atoms with E-state index in [4.69, 9.17) is 4.74 Å². The predicted molar refractivity (Wildman–Crippen MR) is 87.3 cm³/mol. The zero-order valence-electron chi connectivity index (χ0n) is 12.4. The zero-order valence-corrected chi connectivity index (χ0v) is 13.2. The Hall–Kier alpha value is -1.66. The molecule has 1 aromatic heterocycles. The molecule has 118 valence electrons. The first-order valence-corrected chi connectivity index (χ1v) is 8.48. The standard InChI is InChI=1S/C16H20N2O3S/c19-15(17-11-12-5-4-10-21-12)8-3-9-18-16(20)13-6-1-2-7-14(13)22-18/h1-2,6-7,12H,3-5,8-11H2,(H,17,19). The molecule has 1 aliphatic heterocycles. The molecule has 2 aromatic rings. The minimum Gasteiger partial charge on any atom is -0.376 e. The fourth-order valence-electron chi connectivity index (χ4n) is 2.67. The molecule has 22 heavy (non-hydrogen) atoms. The zero-order chi connectivity index (χ0) is 15.4. The van der Waals surface area contributed by atoms with E-state index in [0.717, 1.165) is 29.5 Å². The Morgan fingerprint density at radius 1 is 1.41 bits per heavy atom. The molecule has 5 nitrogen and oxygen atoms in total. The molecule has 0 aliphatic carbocycles. The first kappa shape index (κ1) is 15.2. The van der Waals surface area contributed by atoms with E-state index in [1.165, 1.54) is 11.5 Å². The Morgan fingerprint density at radius 2 is 2.27 bits per heavy atom. The third-order valence-corrected chi connectivity index (χ3v) is 4.99. The van der Waals surface area contributed by atoms with Gasteiger partial charge in [0.2, 0.25) is 5.91 Å². The highest BCUT2D eigenvalue weighted by molar-refractivity contribution is 7.13. The van der Waals surface area contributed by atoms with Gasteiger partial charge >= 0.3 is 0 Å². The van der Waals surface area contributed by atoms with Gasteiger partial charge in [-0.15, -0.1) is 0 Å². The van der Waals surface area contributed by atoms with Gasteiger partial charge in [0.25, 0.3) is 5.56 Å². The highest BCUT2D eigenvalue weighted by Gasteiger charge is 2.16. The molecule has 0 spiro atoms. The molecule has 1 aromatic carbocycles. The van der Waals surface area contributed by atoms with Gasteiger partial charge in [-0.2, -0.15) is 0 Å². The highest BCUT2D eigenvalue weighted by atomic mass is 32.1. The Balaban J connectivity index is 1.46. The average molecular weight is 320 g/mol. The molecule has 1 unspecified atom stereocenters. The summed E-state index contributed by atoms with van der Waals surface area (Å²) in [5.41, 5.74) is 0.0420. The summed E-state index contributed by atoms with van der Waals surface area (Å²) >= 11 is 1.46. The maximum Gasteiger partial charge on any atom is 0.268 e. The summed E-state index contributed by atoms with van der Waals surface area (Å²) in [7, 11) is 0. The second kappa shape index (κ2) is 7.07. The van der Waals surface area contributed by atoms with Crippen LogP contribution in [0, 0.1) is 0 Å². The topological polar surface area (TPSA) is 60.3 Å². The van der Waals surface area contributed by atoms with E-state index in [1.54, 1.807) is 3.96 Å². The van der Waals surface area contributed by atoms with Gasteiger partial charge < -0.3 is 10.1 Å². The number of fused-ring (bicyclic) bond motifs is 1. The van der Waals surface area contributed by atoms with Crippen molar-refractivity contribution in [3.63, 3.8) is 0 Å².